The number of carboxylic acid groups (broad SMARTS) is 1. The summed E-state index contributed by atoms with van der Waals surface area (Å²) in [6.07, 6.45) is 2.30. The summed E-state index contributed by atoms with van der Waals surface area (Å²) in [5, 5.41) is 11.7. The van der Waals surface area contributed by atoms with Gasteiger partial charge in [-0.15, -0.1) is 0 Å². The van der Waals surface area contributed by atoms with E-state index < -0.39 is 5.97 Å². The van der Waals surface area contributed by atoms with Gasteiger partial charge in [0.25, 0.3) is 0 Å². The molecule has 0 amide bonds. The van der Waals surface area contributed by atoms with Gasteiger partial charge in [0.1, 0.15) is 0 Å². The van der Waals surface area contributed by atoms with Crippen molar-refractivity contribution in [3.63, 3.8) is 0 Å². The number of para-hydroxylation sites is 1. The molecule has 0 atom stereocenters. The lowest BCUT2D eigenvalue weighted by molar-refractivity contribution is 0.0697. The molecule has 0 bridgehead atoms. The van der Waals surface area contributed by atoms with Crippen molar-refractivity contribution in [3.8, 4) is 0 Å². The minimum absolute atomic E-state index is 0.363. The number of thioether (sulfide) groups is 1. The molecule has 1 aliphatic heterocycles. The first-order valence-electron chi connectivity index (χ1n) is 7.59. The summed E-state index contributed by atoms with van der Waals surface area (Å²) in [7, 11) is 0. The van der Waals surface area contributed by atoms with Crippen molar-refractivity contribution in [2.45, 2.75) is 18.9 Å². The van der Waals surface area contributed by atoms with Crippen molar-refractivity contribution < 1.29 is 9.90 Å². The van der Waals surface area contributed by atoms with Gasteiger partial charge in [-0.05, 0) is 42.5 Å². The molecular formula is C18H17NO2S. The van der Waals surface area contributed by atoms with E-state index in [0.29, 0.717) is 11.6 Å². The molecule has 0 saturated carbocycles. The van der Waals surface area contributed by atoms with Gasteiger partial charge in [-0.2, -0.15) is 11.8 Å². The van der Waals surface area contributed by atoms with Crippen molar-refractivity contribution in [1.29, 1.82) is 0 Å². The number of carbonyl (C=O) groups is 1. The zero-order valence-electron chi connectivity index (χ0n) is 12.2. The molecule has 1 aliphatic rings. The molecule has 0 spiro atoms. The van der Waals surface area contributed by atoms with Crippen LogP contribution in [0, 0.1) is 0 Å². The Hall–Kier alpha value is -1.94. The summed E-state index contributed by atoms with van der Waals surface area (Å²) >= 11 is 2.01. The number of hydrogen-bond donors (Lipinski definition) is 1. The molecule has 22 heavy (non-hydrogen) atoms. The molecule has 4 rings (SSSR count). The van der Waals surface area contributed by atoms with E-state index in [4.69, 9.17) is 0 Å². The van der Waals surface area contributed by atoms with Crippen LogP contribution in [0.25, 0.3) is 21.8 Å². The van der Waals surface area contributed by atoms with Crippen LogP contribution in [0.15, 0.2) is 42.5 Å². The number of carboxylic acids is 1. The van der Waals surface area contributed by atoms with E-state index in [1.807, 2.05) is 30.0 Å². The predicted octanol–water partition coefficient (Wildman–Crippen LogP) is 4.56. The van der Waals surface area contributed by atoms with Gasteiger partial charge in [0.2, 0.25) is 0 Å². The van der Waals surface area contributed by atoms with Crippen molar-refractivity contribution in [3.05, 3.63) is 48.0 Å². The highest BCUT2D eigenvalue weighted by Gasteiger charge is 2.21. The molecule has 3 aromatic rings. The highest BCUT2D eigenvalue weighted by atomic mass is 32.2. The largest absolute Gasteiger partial charge is 0.478 e. The maximum Gasteiger partial charge on any atom is 0.335 e. The van der Waals surface area contributed by atoms with E-state index in [-0.39, 0.29) is 0 Å². The van der Waals surface area contributed by atoms with Gasteiger partial charge < -0.3 is 9.67 Å². The van der Waals surface area contributed by atoms with Gasteiger partial charge in [-0.3, -0.25) is 0 Å². The minimum Gasteiger partial charge on any atom is -0.478 e. The molecule has 2 aromatic carbocycles. The summed E-state index contributed by atoms with van der Waals surface area (Å²) < 4.78 is 2.37. The van der Waals surface area contributed by atoms with E-state index in [2.05, 4.69) is 22.8 Å². The topological polar surface area (TPSA) is 42.2 Å². The van der Waals surface area contributed by atoms with E-state index in [1.54, 1.807) is 6.07 Å². The Morgan fingerprint density at radius 2 is 1.77 bits per heavy atom. The van der Waals surface area contributed by atoms with Crippen molar-refractivity contribution in [2.24, 2.45) is 0 Å². The third kappa shape index (κ3) is 2.10. The summed E-state index contributed by atoms with van der Waals surface area (Å²) in [5.74, 6) is 1.49. The molecule has 4 heteroatoms. The number of nitrogens with zero attached hydrogens (tertiary/aromatic N) is 1. The van der Waals surface area contributed by atoms with Crippen LogP contribution in [0.4, 0.5) is 0 Å². The maximum absolute atomic E-state index is 11.3. The van der Waals surface area contributed by atoms with Crippen LogP contribution in [-0.4, -0.2) is 27.1 Å². The fraction of sp³-hybridized carbons (Fsp3) is 0.278. The molecule has 1 saturated heterocycles. The Bertz CT molecular complexity index is 862. The monoisotopic (exact) mass is 311 g/mol. The Balaban J connectivity index is 2.04. The van der Waals surface area contributed by atoms with E-state index in [1.165, 1.54) is 22.4 Å². The fourth-order valence-electron chi connectivity index (χ4n) is 3.47. The Labute approximate surface area is 132 Å². The highest BCUT2D eigenvalue weighted by molar-refractivity contribution is 7.99. The lowest BCUT2D eigenvalue weighted by Gasteiger charge is -2.25. The van der Waals surface area contributed by atoms with Crippen LogP contribution in [-0.2, 0) is 0 Å². The molecule has 112 valence electrons. The molecule has 0 aliphatic carbocycles. The third-order valence-electron chi connectivity index (χ3n) is 4.51. The van der Waals surface area contributed by atoms with Gasteiger partial charge in [-0.1, -0.05) is 24.3 Å². The highest BCUT2D eigenvalue weighted by Crippen LogP contribution is 2.37. The van der Waals surface area contributed by atoms with Crippen LogP contribution in [0.2, 0.25) is 0 Å². The van der Waals surface area contributed by atoms with Crippen LogP contribution in [0.3, 0.4) is 0 Å². The molecule has 1 aromatic heterocycles. The second-order valence-electron chi connectivity index (χ2n) is 5.77. The second-order valence-corrected chi connectivity index (χ2v) is 6.99. The number of hydrogen-bond acceptors (Lipinski definition) is 2. The molecule has 3 nitrogen and oxygen atoms in total. The summed E-state index contributed by atoms with van der Waals surface area (Å²) in [6.45, 7) is 0. The molecule has 1 N–H and O–H groups in total. The van der Waals surface area contributed by atoms with Crippen molar-refractivity contribution >= 4 is 39.5 Å². The van der Waals surface area contributed by atoms with Crippen molar-refractivity contribution in [1.82, 2.24) is 4.57 Å². The lowest BCUT2D eigenvalue weighted by Crippen LogP contribution is -2.15. The molecule has 1 fully saturated rings. The molecule has 0 unspecified atom stereocenters. The Morgan fingerprint density at radius 1 is 1.05 bits per heavy atom. The van der Waals surface area contributed by atoms with Gasteiger partial charge in [-0.25, -0.2) is 4.79 Å². The predicted molar refractivity (Wildman–Crippen MR) is 92.0 cm³/mol. The Kier molecular flexibility index (Phi) is 3.34. The fourth-order valence-corrected chi connectivity index (χ4v) is 4.55. The molecule has 0 radical (unpaired) electrons. The van der Waals surface area contributed by atoms with E-state index >= 15 is 0 Å². The van der Waals surface area contributed by atoms with Crippen LogP contribution >= 0.6 is 11.8 Å². The lowest BCUT2D eigenvalue weighted by atomic mass is 10.1. The number of fused-ring (bicyclic) bond motifs is 3. The third-order valence-corrected chi connectivity index (χ3v) is 5.56. The average molecular weight is 311 g/mol. The van der Waals surface area contributed by atoms with Crippen LogP contribution in [0.5, 0.6) is 0 Å². The van der Waals surface area contributed by atoms with Crippen LogP contribution < -0.4 is 0 Å². The maximum atomic E-state index is 11.3. The minimum atomic E-state index is -0.863. The van der Waals surface area contributed by atoms with Gasteiger partial charge >= 0.3 is 5.97 Å². The number of aromatic carboxylic acids is 1. The average Bonchev–Trinajstić information content (AvgIpc) is 2.89. The quantitative estimate of drug-likeness (QED) is 0.754. The van der Waals surface area contributed by atoms with Crippen molar-refractivity contribution in [2.75, 3.05) is 11.5 Å². The smallest absolute Gasteiger partial charge is 0.335 e. The molecular weight excluding hydrogens is 294 g/mol. The van der Waals surface area contributed by atoms with Gasteiger partial charge in [0, 0.05) is 22.3 Å². The van der Waals surface area contributed by atoms with Crippen LogP contribution in [0.1, 0.15) is 29.2 Å². The standard InChI is InChI=1S/C18H17NO2S/c20-18(21)12-5-6-15-14-3-1-2-4-16(14)19(17(15)11-12)13-7-9-22-10-8-13/h1-6,11,13H,7-10H2,(H,20,21). The second kappa shape index (κ2) is 5.36. The van der Waals surface area contributed by atoms with E-state index in [0.717, 1.165) is 23.7 Å². The van der Waals surface area contributed by atoms with Gasteiger partial charge in [0.05, 0.1) is 11.1 Å². The Morgan fingerprint density at radius 3 is 2.55 bits per heavy atom. The normalized spacial score (nSPS) is 16.4. The first-order valence-corrected chi connectivity index (χ1v) is 8.75. The number of rotatable bonds is 2. The van der Waals surface area contributed by atoms with Gasteiger partial charge in [0.15, 0.2) is 0 Å². The summed E-state index contributed by atoms with van der Waals surface area (Å²) in [5.41, 5.74) is 2.64. The first kappa shape index (κ1) is 13.7. The van der Waals surface area contributed by atoms with E-state index in [9.17, 15) is 9.90 Å². The number of benzene rings is 2. The SMILES string of the molecule is O=C(O)c1ccc2c3ccccc3n(C3CCSCC3)c2c1. The zero-order chi connectivity index (χ0) is 15.1. The summed E-state index contributed by atoms with van der Waals surface area (Å²) in [6, 6.07) is 14.4. The summed E-state index contributed by atoms with van der Waals surface area (Å²) in [4.78, 5) is 11.3. The first-order chi connectivity index (χ1) is 10.8. The number of aromatic nitrogens is 1. The zero-order valence-corrected chi connectivity index (χ0v) is 13.0. The molecule has 2 heterocycles.